The zero-order valence-corrected chi connectivity index (χ0v) is 15.8. The smallest absolute Gasteiger partial charge is 0.342 e. The van der Waals surface area contributed by atoms with E-state index in [0.717, 1.165) is 0 Å². The molecule has 0 bridgehead atoms. The maximum absolute atomic E-state index is 12.3. The molecule has 2 amide bonds. The predicted molar refractivity (Wildman–Crippen MR) is 101 cm³/mol. The summed E-state index contributed by atoms with van der Waals surface area (Å²) in [6, 6.07) is 11.7. The number of esters is 1. The molecule has 0 radical (unpaired) electrons. The largest absolute Gasteiger partial charge is 0.497 e. The molecule has 0 saturated heterocycles. The summed E-state index contributed by atoms with van der Waals surface area (Å²) in [6.07, 6.45) is 1.05. The number of imide groups is 1. The van der Waals surface area contributed by atoms with Gasteiger partial charge in [-0.25, -0.2) is 4.79 Å². The molecule has 0 aromatic heterocycles. The first kappa shape index (κ1) is 19.4. The van der Waals surface area contributed by atoms with E-state index in [0.29, 0.717) is 35.5 Å². The van der Waals surface area contributed by atoms with Gasteiger partial charge < -0.3 is 14.2 Å². The number of unbranched alkanes of at least 4 members (excludes halogenated alkanes) is 1. The van der Waals surface area contributed by atoms with Gasteiger partial charge in [-0.1, -0.05) is 12.1 Å². The Kier molecular flexibility index (Phi) is 5.93. The first-order valence-electron chi connectivity index (χ1n) is 8.91. The molecule has 0 saturated carbocycles. The molecule has 0 aliphatic carbocycles. The van der Waals surface area contributed by atoms with E-state index in [2.05, 4.69) is 0 Å². The maximum Gasteiger partial charge on any atom is 0.342 e. The van der Waals surface area contributed by atoms with Gasteiger partial charge in [0.25, 0.3) is 11.8 Å². The SMILES string of the molecule is COc1ccc(OC)c(C(=O)OCCCCN2C(=O)c3ccccc3C2=O)c1. The lowest BCUT2D eigenvalue weighted by molar-refractivity contribution is 0.0482. The molecule has 7 heteroatoms. The molecule has 3 rings (SSSR count). The summed E-state index contributed by atoms with van der Waals surface area (Å²) in [5.41, 5.74) is 1.15. The van der Waals surface area contributed by atoms with Crippen molar-refractivity contribution < 1.29 is 28.6 Å². The lowest BCUT2D eigenvalue weighted by atomic mass is 10.1. The van der Waals surface area contributed by atoms with Crippen LogP contribution in [-0.4, -0.2) is 50.1 Å². The highest BCUT2D eigenvalue weighted by Crippen LogP contribution is 2.25. The lowest BCUT2D eigenvalue weighted by Crippen LogP contribution is -2.30. The zero-order valence-electron chi connectivity index (χ0n) is 15.8. The second kappa shape index (κ2) is 8.56. The van der Waals surface area contributed by atoms with E-state index in [9.17, 15) is 14.4 Å². The first-order valence-corrected chi connectivity index (χ1v) is 8.91. The molecule has 0 atom stereocenters. The average molecular weight is 383 g/mol. The van der Waals surface area contributed by atoms with Gasteiger partial charge in [0, 0.05) is 6.54 Å². The van der Waals surface area contributed by atoms with Gasteiger partial charge in [0.2, 0.25) is 0 Å². The van der Waals surface area contributed by atoms with Gasteiger partial charge in [-0.15, -0.1) is 0 Å². The fourth-order valence-electron chi connectivity index (χ4n) is 3.03. The van der Waals surface area contributed by atoms with E-state index in [1.54, 1.807) is 42.5 Å². The van der Waals surface area contributed by atoms with Crippen LogP contribution in [0.1, 0.15) is 43.9 Å². The van der Waals surface area contributed by atoms with E-state index < -0.39 is 5.97 Å². The molecular weight excluding hydrogens is 362 g/mol. The molecule has 0 N–H and O–H groups in total. The fraction of sp³-hybridized carbons (Fsp3) is 0.286. The monoisotopic (exact) mass is 383 g/mol. The highest BCUT2D eigenvalue weighted by Gasteiger charge is 2.34. The lowest BCUT2D eigenvalue weighted by Gasteiger charge is -2.14. The van der Waals surface area contributed by atoms with Crippen molar-refractivity contribution in [3.8, 4) is 11.5 Å². The minimum Gasteiger partial charge on any atom is -0.497 e. The standard InChI is InChI=1S/C21H21NO6/c1-26-14-9-10-18(27-2)17(13-14)21(25)28-12-6-5-11-22-19(23)15-7-3-4-8-16(15)20(22)24/h3-4,7-10,13H,5-6,11-12H2,1-2H3. The number of rotatable bonds is 8. The molecule has 2 aromatic carbocycles. The molecule has 1 heterocycles. The van der Waals surface area contributed by atoms with Crippen molar-refractivity contribution in [2.45, 2.75) is 12.8 Å². The fourth-order valence-corrected chi connectivity index (χ4v) is 3.03. The Bertz CT molecular complexity index is 873. The zero-order chi connectivity index (χ0) is 20.1. The number of methoxy groups -OCH3 is 2. The van der Waals surface area contributed by atoms with Crippen LogP contribution < -0.4 is 9.47 Å². The van der Waals surface area contributed by atoms with Gasteiger partial charge in [0.1, 0.15) is 17.1 Å². The topological polar surface area (TPSA) is 82.1 Å². The van der Waals surface area contributed by atoms with Crippen LogP contribution in [-0.2, 0) is 4.74 Å². The number of hydrogen-bond donors (Lipinski definition) is 0. The van der Waals surface area contributed by atoms with Gasteiger partial charge in [0.15, 0.2) is 0 Å². The van der Waals surface area contributed by atoms with Crippen LogP contribution in [0.25, 0.3) is 0 Å². The van der Waals surface area contributed by atoms with Gasteiger partial charge in [-0.05, 0) is 43.2 Å². The maximum atomic E-state index is 12.3. The molecule has 146 valence electrons. The second-order valence-electron chi connectivity index (χ2n) is 6.22. The number of benzene rings is 2. The number of fused-ring (bicyclic) bond motifs is 1. The summed E-state index contributed by atoms with van der Waals surface area (Å²) < 4.78 is 15.6. The van der Waals surface area contributed by atoms with E-state index in [-0.39, 0.29) is 30.5 Å². The third-order valence-corrected chi connectivity index (χ3v) is 4.51. The molecule has 1 aliphatic heterocycles. The molecule has 0 fully saturated rings. The third kappa shape index (κ3) is 3.83. The van der Waals surface area contributed by atoms with Crippen molar-refractivity contribution in [2.24, 2.45) is 0 Å². The summed E-state index contributed by atoms with van der Waals surface area (Å²) in [4.78, 5) is 38.1. The minimum atomic E-state index is -0.517. The van der Waals surface area contributed by atoms with E-state index >= 15 is 0 Å². The normalized spacial score (nSPS) is 12.7. The van der Waals surface area contributed by atoms with Gasteiger partial charge in [0.05, 0.1) is 32.0 Å². The van der Waals surface area contributed by atoms with Gasteiger partial charge >= 0.3 is 5.97 Å². The van der Waals surface area contributed by atoms with Crippen molar-refractivity contribution in [3.05, 3.63) is 59.2 Å². The molecule has 0 unspecified atom stereocenters. The Morgan fingerprint density at radius 3 is 2.21 bits per heavy atom. The van der Waals surface area contributed by atoms with Crippen molar-refractivity contribution in [1.29, 1.82) is 0 Å². The van der Waals surface area contributed by atoms with Crippen LogP contribution in [0, 0.1) is 0 Å². The molecule has 2 aromatic rings. The van der Waals surface area contributed by atoms with Crippen LogP contribution in [0.4, 0.5) is 0 Å². The Morgan fingerprint density at radius 1 is 0.929 bits per heavy atom. The van der Waals surface area contributed by atoms with Crippen LogP contribution >= 0.6 is 0 Å². The number of carbonyl (C=O) groups is 3. The molecule has 28 heavy (non-hydrogen) atoms. The highest BCUT2D eigenvalue weighted by molar-refractivity contribution is 6.21. The van der Waals surface area contributed by atoms with E-state index in [4.69, 9.17) is 14.2 Å². The minimum absolute atomic E-state index is 0.169. The predicted octanol–water partition coefficient (Wildman–Crippen LogP) is 2.94. The Labute approximate surface area is 162 Å². The summed E-state index contributed by atoms with van der Waals surface area (Å²) in [5.74, 6) is -0.149. The van der Waals surface area contributed by atoms with Crippen molar-refractivity contribution in [2.75, 3.05) is 27.4 Å². The van der Waals surface area contributed by atoms with E-state index in [1.807, 2.05) is 0 Å². The van der Waals surface area contributed by atoms with Crippen LogP contribution in [0.5, 0.6) is 11.5 Å². The third-order valence-electron chi connectivity index (χ3n) is 4.51. The first-order chi connectivity index (χ1) is 13.6. The van der Waals surface area contributed by atoms with Gasteiger partial charge in [-0.2, -0.15) is 0 Å². The number of amides is 2. The quantitative estimate of drug-likeness (QED) is 0.396. The molecule has 7 nitrogen and oxygen atoms in total. The van der Waals surface area contributed by atoms with Crippen molar-refractivity contribution in [1.82, 2.24) is 4.90 Å². The molecular formula is C21H21NO6. The number of carbonyl (C=O) groups excluding carboxylic acids is 3. The Morgan fingerprint density at radius 2 is 1.61 bits per heavy atom. The summed E-state index contributed by atoms with van der Waals surface area (Å²) in [5, 5.41) is 0. The van der Waals surface area contributed by atoms with Gasteiger partial charge in [-0.3, -0.25) is 14.5 Å². The molecule has 1 aliphatic rings. The second-order valence-corrected chi connectivity index (χ2v) is 6.22. The Balaban J connectivity index is 1.49. The average Bonchev–Trinajstić information content (AvgIpc) is 2.97. The van der Waals surface area contributed by atoms with Crippen LogP contribution in [0.2, 0.25) is 0 Å². The summed E-state index contributed by atoms with van der Waals surface area (Å²) >= 11 is 0. The highest BCUT2D eigenvalue weighted by atomic mass is 16.5. The Hall–Kier alpha value is -3.35. The van der Waals surface area contributed by atoms with Crippen molar-refractivity contribution in [3.63, 3.8) is 0 Å². The van der Waals surface area contributed by atoms with Crippen LogP contribution in [0.3, 0.4) is 0 Å². The number of hydrogen-bond acceptors (Lipinski definition) is 6. The summed E-state index contributed by atoms with van der Waals surface area (Å²) in [6.45, 7) is 0.453. The summed E-state index contributed by atoms with van der Waals surface area (Å²) in [7, 11) is 2.98. The van der Waals surface area contributed by atoms with Crippen LogP contribution in [0.15, 0.2) is 42.5 Å². The van der Waals surface area contributed by atoms with E-state index in [1.165, 1.54) is 19.1 Å². The molecule has 0 spiro atoms. The number of ether oxygens (including phenoxy) is 3. The van der Waals surface area contributed by atoms with Crippen molar-refractivity contribution >= 4 is 17.8 Å². The number of nitrogens with zero attached hydrogens (tertiary/aromatic N) is 1.